The van der Waals surface area contributed by atoms with E-state index >= 15 is 0 Å². The monoisotopic (exact) mass is 379 g/mol. The van der Waals surface area contributed by atoms with Crippen molar-refractivity contribution in [2.45, 2.75) is 31.6 Å². The standard InChI is InChI=1S/C17H21N3O3S2/c1-12-3-5-15(6-4-12)25(22,23)20-9-7-14(8-10-20)16(21)19-17-18-11-13(2)24-17/h3-6,11,14H,7-10H2,1-2H3,(H,18,19,21). The van der Waals surface area contributed by atoms with Crippen LogP contribution in [0.5, 0.6) is 0 Å². The highest BCUT2D eigenvalue weighted by molar-refractivity contribution is 7.89. The Hall–Kier alpha value is -1.77. The lowest BCUT2D eigenvalue weighted by molar-refractivity contribution is -0.120. The molecule has 0 radical (unpaired) electrons. The number of hydrogen-bond donors (Lipinski definition) is 1. The molecule has 1 aromatic carbocycles. The Balaban J connectivity index is 1.61. The van der Waals surface area contributed by atoms with Crippen molar-refractivity contribution in [3.05, 3.63) is 40.9 Å². The van der Waals surface area contributed by atoms with E-state index in [1.54, 1.807) is 30.5 Å². The minimum atomic E-state index is -3.49. The first kappa shape index (κ1) is 18.0. The summed E-state index contributed by atoms with van der Waals surface area (Å²) in [7, 11) is -3.49. The van der Waals surface area contributed by atoms with Crippen molar-refractivity contribution in [3.8, 4) is 0 Å². The van der Waals surface area contributed by atoms with Crippen molar-refractivity contribution in [1.82, 2.24) is 9.29 Å². The van der Waals surface area contributed by atoms with Gasteiger partial charge >= 0.3 is 0 Å². The number of benzene rings is 1. The molecule has 1 N–H and O–H groups in total. The maximum Gasteiger partial charge on any atom is 0.243 e. The number of anilines is 1. The number of nitrogens with one attached hydrogen (secondary N) is 1. The van der Waals surface area contributed by atoms with Crippen LogP contribution in [-0.4, -0.2) is 36.7 Å². The van der Waals surface area contributed by atoms with Crippen LogP contribution in [0.15, 0.2) is 35.4 Å². The maximum absolute atomic E-state index is 12.7. The van der Waals surface area contributed by atoms with Gasteiger partial charge in [0, 0.05) is 30.1 Å². The van der Waals surface area contributed by atoms with Gasteiger partial charge in [-0.1, -0.05) is 17.7 Å². The first-order valence-electron chi connectivity index (χ1n) is 8.16. The zero-order chi connectivity index (χ0) is 18.0. The lowest BCUT2D eigenvalue weighted by atomic mass is 9.97. The van der Waals surface area contributed by atoms with Gasteiger partial charge in [0.15, 0.2) is 5.13 Å². The first-order chi connectivity index (χ1) is 11.9. The highest BCUT2D eigenvalue weighted by atomic mass is 32.2. The highest BCUT2D eigenvalue weighted by Gasteiger charge is 2.32. The van der Waals surface area contributed by atoms with Gasteiger partial charge in [-0.05, 0) is 38.8 Å². The molecule has 0 unspecified atom stereocenters. The molecule has 0 saturated carbocycles. The summed E-state index contributed by atoms with van der Waals surface area (Å²) in [6, 6.07) is 6.86. The van der Waals surface area contributed by atoms with Crippen LogP contribution in [0.25, 0.3) is 0 Å². The summed E-state index contributed by atoms with van der Waals surface area (Å²) >= 11 is 1.43. The van der Waals surface area contributed by atoms with Crippen molar-refractivity contribution >= 4 is 32.4 Å². The topological polar surface area (TPSA) is 79.4 Å². The molecule has 0 atom stereocenters. The van der Waals surface area contributed by atoms with Gasteiger partial charge in [0.2, 0.25) is 15.9 Å². The van der Waals surface area contributed by atoms with Gasteiger partial charge in [-0.2, -0.15) is 4.31 Å². The molecule has 25 heavy (non-hydrogen) atoms. The quantitative estimate of drug-likeness (QED) is 0.886. The van der Waals surface area contributed by atoms with Crippen LogP contribution in [-0.2, 0) is 14.8 Å². The molecule has 0 bridgehead atoms. The third kappa shape index (κ3) is 4.08. The molecule has 1 fully saturated rings. The Morgan fingerprint density at radius 2 is 1.84 bits per heavy atom. The number of aryl methyl sites for hydroxylation is 2. The molecule has 134 valence electrons. The van der Waals surface area contributed by atoms with E-state index in [2.05, 4.69) is 10.3 Å². The summed E-state index contributed by atoms with van der Waals surface area (Å²) in [5.74, 6) is -0.268. The summed E-state index contributed by atoms with van der Waals surface area (Å²) < 4.78 is 26.8. The van der Waals surface area contributed by atoms with Crippen LogP contribution < -0.4 is 5.32 Å². The predicted octanol–water partition coefficient (Wildman–Crippen LogP) is 2.80. The molecule has 1 amide bonds. The van der Waals surface area contributed by atoms with Gasteiger partial charge in [-0.15, -0.1) is 11.3 Å². The van der Waals surface area contributed by atoms with Gasteiger partial charge in [-0.3, -0.25) is 4.79 Å². The number of rotatable bonds is 4. The van der Waals surface area contributed by atoms with Crippen molar-refractivity contribution in [1.29, 1.82) is 0 Å². The molecule has 2 aromatic rings. The summed E-state index contributed by atoms with van der Waals surface area (Å²) in [5.41, 5.74) is 1.02. The highest BCUT2D eigenvalue weighted by Crippen LogP contribution is 2.26. The van der Waals surface area contributed by atoms with E-state index in [9.17, 15) is 13.2 Å². The molecule has 8 heteroatoms. The molecule has 2 heterocycles. The zero-order valence-corrected chi connectivity index (χ0v) is 15.9. The predicted molar refractivity (Wildman–Crippen MR) is 98.1 cm³/mol. The van der Waals surface area contributed by atoms with Crippen LogP contribution in [0.1, 0.15) is 23.3 Å². The van der Waals surface area contributed by atoms with Gasteiger partial charge in [0.1, 0.15) is 0 Å². The Kier molecular flexibility index (Phi) is 5.21. The smallest absolute Gasteiger partial charge is 0.243 e. The van der Waals surface area contributed by atoms with Crippen molar-refractivity contribution in [2.24, 2.45) is 5.92 Å². The Morgan fingerprint density at radius 1 is 1.20 bits per heavy atom. The van der Waals surface area contributed by atoms with Gasteiger partial charge < -0.3 is 5.32 Å². The third-order valence-corrected chi connectivity index (χ3v) is 7.08. The normalized spacial score (nSPS) is 16.7. The molecule has 0 aliphatic carbocycles. The van der Waals surface area contributed by atoms with E-state index in [-0.39, 0.29) is 11.8 Å². The molecule has 1 aliphatic heterocycles. The van der Waals surface area contributed by atoms with Gasteiger partial charge in [0.05, 0.1) is 4.90 Å². The number of hydrogen-bond acceptors (Lipinski definition) is 5. The third-order valence-electron chi connectivity index (χ3n) is 4.33. The average Bonchev–Trinajstić information content (AvgIpc) is 3.00. The summed E-state index contributed by atoms with van der Waals surface area (Å²) in [5, 5.41) is 3.42. The van der Waals surface area contributed by atoms with Crippen molar-refractivity contribution in [2.75, 3.05) is 18.4 Å². The van der Waals surface area contributed by atoms with Gasteiger partial charge in [-0.25, -0.2) is 13.4 Å². The summed E-state index contributed by atoms with van der Waals surface area (Å²) in [6.45, 7) is 4.56. The maximum atomic E-state index is 12.7. The van der Waals surface area contributed by atoms with Crippen LogP contribution >= 0.6 is 11.3 Å². The fourth-order valence-corrected chi connectivity index (χ4v) is 4.97. The fourth-order valence-electron chi connectivity index (χ4n) is 2.84. The molecule has 3 rings (SSSR count). The Bertz CT molecular complexity index is 852. The van der Waals surface area contributed by atoms with Crippen LogP contribution in [0.4, 0.5) is 5.13 Å². The number of sulfonamides is 1. The second kappa shape index (κ2) is 7.23. The number of piperidine rings is 1. The number of amides is 1. The van der Waals surface area contributed by atoms with Gasteiger partial charge in [0.25, 0.3) is 0 Å². The molecule has 6 nitrogen and oxygen atoms in total. The molecule has 1 aliphatic rings. The van der Waals surface area contributed by atoms with Crippen molar-refractivity contribution < 1.29 is 13.2 Å². The number of carbonyl (C=O) groups excluding carboxylic acids is 1. The van der Waals surface area contributed by atoms with E-state index in [0.29, 0.717) is 36.0 Å². The number of nitrogens with zero attached hydrogens (tertiary/aromatic N) is 2. The minimum absolute atomic E-state index is 0.0817. The number of carbonyl (C=O) groups is 1. The number of aromatic nitrogens is 1. The minimum Gasteiger partial charge on any atom is -0.302 e. The molecule has 1 aromatic heterocycles. The fraction of sp³-hybridized carbons (Fsp3) is 0.412. The molecular weight excluding hydrogens is 358 g/mol. The lowest BCUT2D eigenvalue weighted by Crippen LogP contribution is -2.41. The summed E-state index contributed by atoms with van der Waals surface area (Å²) in [4.78, 5) is 17.8. The largest absolute Gasteiger partial charge is 0.302 e. The van der Waals surface area contributed by atoms with E-state index < -0.39 is 10.0 Å². The average molecular weight is 380 g/mol. The zero-order valence-electron chi connectivity index (χ0n) is 14.2. The molecular formula is C17H21N3O3S2. The van der Waals surface area contributed by atoms with E-state index in [0.717, 1.165) is 10.4 Å². The van der Waals surface area contributed by atoms with Crippen molar-refractivity contribution in [3.63, 3.8) is 0 Å². The molecule has 0 spiro atoms. The van der Waals surface area contributed by atoms with Crippen LogP contribution in [0, 0.1) is 19.8 Å². The van der Waals surface area contributed by atoms with E-state index in [1.807, 2.05) is 13.8 Å². The van der Waals surface area contributed by atoms with E-state index in [4.69, 9.17) is 0 Å². The Labute approximate surface area is 151 Å². The Morgan fingerprint density at radius 3 is 2.40 bits per heavy atom. The first-order valence-corrected chi connectivity index (χ1v) is 10.4. The molecule has 1 saturated heterocycles. The van der Waals surface area contributed by atoms with Crippen LogP contribution in [0.2, 0.25) is 0 Å². The second-order valence-corrected chi connectivity index (χ2v) is 9.43. The van der Waals surface area contributed by atoms with Crippen LogP contribution in [0.3, 0.4) is 0 Å². The number of thiazole rings is 1. The summed E-state index contributed by atoms with van der Waals surface area (Å²) in [6.07, 6.45) is 2.75. The second-order valence-electron chi connectivity index (χ2n) is 6.26. The van der Waals surface area contributed by atoms with E-state index in [1.165, 1.54) is 15.6 Å². The lowest BCUT2D eigenvalue weighted by Gasteiger charge is -2.30. The SMILES string of the molecule is Cc1ccc(S(=O)(=O)N2CCC(C(=O)Nc3ncc(C)s3)CC2)cc1.